The fourth-order valence-corrected chi connectivity index (χ4v) is 3.31. The number of ether oxygens (including phenoxy) is 1. The predicted octanol–water partition coefficient (Wildman–Crippen LogP) is 1.44. The van der Waals surface area contributed by atoms with Crippen LogP contribution >= 0.6 is 0 Å². The Morgan fingerprint density at radius 2 is 2.11 bits per heavy atom. The molecule has 4 nitrogen and oxygen atoms in total. The first-order valence-corrected chi connectivity index (χ1v) is 7.17. The highest BCUT2D eigenvalue weighted by molar-refractivity contribution is 5.73. The van der Waals surface area contributed by atoms with Crippen LogP contribution in [0.3, 0.4) is 0 Å². The molecule has 100 valence electrons. The van der Waals surface area contributed by atoms with E-state index < -0.39 is 0 Å². The van der Waals surface area contributed by atoms with Gasteiger partial charge in [-0.3, -0.25) is 0 Å². The lowest BCUT2D eigenvalue weighted by molar-refractivity contribution is 0.122. The maximum Gasteiger partial charge on any atom is 0.128 e. The summed E-state index contributed by atoms with van der Waals surface area (Å²) in [5.74, 6) is 1.07. The van der Waals surface area contributed by atoms with Crippen molar-refractivity contribution in [3.05, 3.63) is 30.0 Å². The van der Waals surface area contributed by atoms with Gasteiger partial charge in [0.05, 0.1) is 13.2 Å². The van der Waals surface area contributed by atoms with E-state index >= 15 is 0 Å². The molecule has 2 bridgehead atoms. The van der Waals surface area contributed by atoms with E-state index in [0.717, 1.165) is 32.1 Å². The Bertz CT molecular complexity index is 491. The average molecular weight is 257 g/mol. The van der Waals surface area contributed by atoms with Crippen LogP contribution in [0.1, 0.15) is 18.4 Å². The number of anilines is 1. The van der Waals surface area contributed by atoms with Gasteiger partial charge < -0.3 is 15.0 Å². The molecule has 1 N–H and O–H groups in total. The lowest BCUT2D eigenvalue weighted by Crippen LogP contribution is -2.36. The number of morpholine rings is 1. The van der Waals surface area contributed by atoms with Crippen molar-refractivity contribution in [2.75, 3.05) is 31.2 Å². The SMILES string of the molecule is C1=C(c2ccc(N3CCOCC3)nc2)C2CCC1N2. The van der Waals surface area contributed by atoms with Gasteiger partial charge in [-0.15, -0.1) is 0 Å². The Morgan fingerprint density at radius 1 is 1.21 bits per heavy atom. The van der Waals surface area contributed by atoms with Crippen LogP contribution < -0.4 is 10.2 Å². The average Bonchev–Trinajstić information content (AvgIpc) is 3.11. The van der Waals surface area contributed by atoms with Gasteiger partial charge in [-0.1, -0.05) is 6.08 Å². The molecule has 19 heavy (non-hydrogen) atoms. The molecule has 0 aromatic carbocycles. The Hall–Kier alpha value is -1.39. The van der Waals surface area contributed by atoms with Gasteiger partial charge in [-0.05, 0) is 36.1 Å². The summed E-state index contributed by atoms with van der Waals surface area (Å²) in [6.45, 7) is 3.51. The smallest absolute Gasteiger partial charge is 0.128 e. The fraction of sp³-hybridized carbons (Fsp3) is 0.533. The summed E-state index contributed by atoms with van der Waals surface area (Å²) in [6.07, 6.45) is 6.95. The maximum atomic E-state index is 5.37. The van der Waals surface area contributed by atoms with Crippen LogP contribution in [0.4, 0.5) is 5.82 Å². The van der Waals surface area contributed by atoms with Gasteiger partial charge in [0.2, 0.25) is 0 Å². The minimum absolute atomic E-state index is 0.557. The summed E-state index contributed by atoms with van der Waals surface area (Å²) in [7, 11) is 0. The minimum Gasteiger partial charge on any atom is -0.378 e. The highest BCUT2D eigenvalue weighted by atomic mass is 16.5. The third-order valence-electron chi connectivity index (χ3n) is 4.35. The largest absolute Gasteiger partial charge is 0.378 e. The fourth-order valence-electron chi connectivity index (χ4n) is 3.31. The highest BCUT2D eigenvalue weighted by Gasteiger charge is 2.32. The van der Waals surface area contributed by atoms with Crippen LogP contribution in [-0.2, 0) is 4.74 Å². The Balaban J connectivity index is 1.54. The first kappa shape index (κ1) is 11.4. The molecule has 0 radical (unpaired) electrons. The number of nitrogens with zero attached hydrogens (tertiary/aromatic N) is 2. The zero-order chi connectivity index (χ0) is 12.7. The van der Waals surface area contributed by atoms with Crippen LogP contribution in [0, 0.1) is 0 Å². The zero-order valence-electron chi connectivity index (χ0n) is 11.0. The molecular weight excluding hydrogens is 238 g/mol. The minimum atomic E-state index is 0.557. The van der Waals surface area contributed by atoms with Gasteiger partial charge in [0.15, 0.2) is 0 Å². The maximum absolute atomic E-state index is 5.37. The third-order valence-corrected chi connectivity index (χ3v) is 4.35. The van der Waals surface area contributed by atoms with Crippen LogP contribution in [0.25, 0.3) is 5.57 Å². The number of pyridine rings is 1. The topological polar surface area (TPSA) is 37.4 Å². The van der Waals surface area contributed by atoms with Gasteiger partial charge >= 0.3 is 0 Å². The molecule has 4 heteroatoms. The predicted molar refractivity (Wildman–Crippen MR) is 75.2 cm³/mol. The molecule has 3 aliphatic rings. The number of aromatic nitrogens is 1. The van der Waals surface area contributed by atoms with E-state index in [1.54, 1.807) is 0 Å². The van der Waals surface area contributed by atoms with Gasteiger partial charge in [-0.2, -0.15) is 0 Å². The molecule has 3 aliphatic heterocycles. The van der Waals surface area contributed by atoms with E-state index in [9.17, 15) is 0 Å². The van der Waals surface area contributed by atoms with Crippen molar-refractivity contribution in [2.24, 2.45) is 0 Å². The number of hydrogen-bond acceptors (Lipinski definition) is 4. The Labute approximate surface area is 113 Å². The quantitative estimate of drug-likeness (QED) is 0.870. The molecule has 0 saturated carbocycles. The second-order valence-corrected chi connectivity index (χ2v) is 5.53. The van der Waals surface area contributed by atoms with E-state index in [4.69, 9.17) is 4.74 Å². The molecule has 0 aliphatic carbocycles. The first-order chi connectivity index (χ1) is 9.40. The van der Waals surface area contributed by atoms with Crippen LogP contribution in [0.5, 0.6) is 0 Å². The van der Waals surface area contributed by atoms with Crippen LogP contribution in [0.15, 0.2) is 24.4 Å². The number of hydrogen-bond donors (Lipinski definition) is 1. The molecule has 2 atom stereocenters. The summed E-state index contributed by atoms with van der Waals surface area (Å²) < 4.78 is 5.37. The second kappa shape index (κ2) is 4.62. The van der Waals surface area contributed by atoms with Crippen molar-refractivity contribution in [1.82, 2.24) is 10.3 Å². The van der Waals surface area contributed by atoms with Crippen LogP contribution in [0.2, 0.25) is 0 Å². The van der Waals surface area contributed by atoms with Gasteiger partial charge in [0.25, 0.3) is 0 Å². The summed E-state index contributed by atoms with van der Waals surface area (Å²) in [4.78, 5) is 6.92. The molecule has 4 rings (SSSR count). The second-order valence-electron chi connectivity index (χ2n) is 5.53. The van der Waals surface area contributed by atoms with E-state index in [-0.39, 0.29) is 0 Å². The molecule has 1 aromatic rings. The van der Waals surface area contributed by atoms with E-state index in [2.05, 4.69) is 33.4 Å². The van der Waals surface area contributed by atoms with Gasteiger partial charge in [-0.25, -0.2) is 4.98 Å². The number of fused-ring (bicyclic) bond motifs is 2. The van der Waals surface area contributed by atoms with Crippen molar-refractivity contribution in [2.45, 2.75) is 24.9 Å². The summed E-state index contributed by atoms with van der Waals surface area (Å²) in [5.41, 5.74) is 2.72. The molecule has 0 amide bonds. The van der Waals surface area contributed by atoms with E-state index in [1.807, 2.05) is 6.20 Å². The Morgan fingerprint density at radius 3 is 2.74 bits per heavy atom. The monoisotopic (exact) mass is 257 g/mol. The van der Waals surface area contributed by atoms with E-state index in [0.29, 0.717) is 12.1 Å². The van der Waals surface area contributed by atoms with Crippen molar-refractivity contribution >= 4 is 11.4 Å². The number of nitrogens with one attached hydrogen (secondary N) is 1. The van der Waals surface area contributed by atoms with Crippen LogP contribution in [-0.4, -0.2) is 43.4 Å². The van der Waals surface area contributed by atoms with Crippen molar-refractivity contribution in [1.29, 1.82) is 0 Å². The third kappa shape index (κ3) is 2.05. The molecule has 2 fully saturated rings. The van der Waals surface area contributed by atoms with Crippen molar-refractivity contribution < 1.29 is 4.74 Å². The molecule has 0 spiro atoms. The lowest BCUT2D eigenvalue weighted by atomic mass is 9.94. The van der Waals surface area contributed by atoms with Crippen molar-refractivity contribution in [3.8, 4) is 0 Å². The molecule has 2 saturated heterocycles. The molecular formula is C15H19N3O. The summed E-state index contributed by atoms with van der Waals surface area (Å²) >= 11 is 0. The van der Waals surface area contributed by atoms with Gasteiger partial charge in [0.1, 0.15) is 5.82 Å². The van der Waals surface area contributed by atoms with E-state index in [1.165, 1.54) is 24.0 Å². The summed E-state index contributed by atoms with van der Waals surface area (Å²) in [6, 6.07) is 5.51. The highest BCUT2D eigenvalue weighted by Crippen LogP contribution is 2.34. The standard InChI is InChI=1S/C15H19N3O/c1-4-15(18-5-7-19-8-6-18)16-10-11(1)13-9-12-2-3-14(13)17-12/h1,4,9-10,12,14,17H,2-3,5-8H2. The molecule has 4 heterocycles. The first-order valence-electron chi connectivity index (χ1n) is 7.17. The van der Waals surface area contributed by atoms with Crippen molar-refractivity contribution in [3.63, 3.8) is 0 Å². The number of rotatable bonds is 2. The summed E-state index contributed by atoms with van der Waals surface area (Å²) in [5, 5.41) is 3.61. The lowest BCUT2D eigenvalue weighted by Gasteiger charge is -2.27. The zero-order valence-corrected chi connectivity index (χ0v) is 11.0. The van der Waals surface area contributed by atoms with Gasteiger partial charge in [0, 0.05) is 31.4 Å². The normalized spacial score (nSPS) is 29.7. The Kier molecular flexibility index (Phi) is 2.78. The molecule has 1 aromatic heterocycles. The molecule has 2 unspecified atom stereocenters.